The summed E-state index contributed by atoms with van der Waals surface area (Å²) >= 11 is 0. The van der Waals surface area contributed by atoms with Crippen LogP contribution in [0.25, 0.3) is 6.08 Å². The number of anilines is 1. The number of hydrogen-bond donors (Lipinski definition) is 1. The molecule has 0 saturated carbocycles. The molecule has 0 fully saturated rings. The van der Waals surface area contributed by atoms with Gasteiger partial charge in [0.2, 0.25) is 0 Å². The maximum Gasteiger partial charge on any atom is 0.354 e. The maximum atomic E-state index is 12.4. The standard InChI is InChI=1S/C16H24NO5P/c1-4-20-16(18)13-17-15-10-8-7-9-14(15)11-12-23(19,21-5-2)22-6-3/h7-12,17H,4-6,13H2,1-3H3/b12-11+. The molecule has 1 rings (SSSR count). The summed E-state index contributed by atoms with van der Waals surface area (Å²) in [6.07, 6.45) is 1.67. The molecular formula is C16H24NO5P. The number of esters is 1. The van der Waals surface area contributed by atoms with Gasteiger partial charge in [-0.05, 0) is 38.5 Å². The Morgan fingerprint density at radius 2 is 1.78 bits per heavy atom. The molecule has 0 saturated heterocycles. The van der Waals surface area contributed by atoms with Crippen LogP contribution in [0.15, 0.2) is 30.1 Å². The predicted molar refractivity (Wildman–Crippen MR) is 91.5 cm³/mol. The molecule has 23 heavy (non-hydrogen) atoms. The van der Waals surface area contributed by atoms with Crippen molar-refractivity contribution in [2.24, 2.45) is 0 Å². The topological polar surface area (TPSA) is 73.9 Å². The smallest absolute Gasteiger partial charge is 0.354 e. The third-order valence-corrected chi connectivity index (χ3v) is 4.49. The predicted octanol–water partition coefficient (Wildman–Crippen LogP) is 3.90. The van der Waals surface area contributed by atoms with Gasteiger partial charge < -0.3 is 19.1 Å². The van der Waals surface area contributed by atoms with E-state index in [0.717, 1.165) is 11.3 Å². The van der Waals surface area contributed by atoms with E-state index in [1.807, 2.05) is 24.3 Å². The normalized spacial score (nSPS) is 11.6. The highest BCUT2D eigenvalue weighted by molar-refractivity contribution is 7.57. The molecule has 1 aromatic rings. The van der Waals surface area contributed by atoms with Crippen LogP contribution >= 0.6 is 7.60 Å². The van der Waals surface area contributed by atoms with Gasteiger partial charge in [0.1, 0.15) is 6.54 Å². The molecule has 0 atom stereocenters. The highest BCUT2D eigenvalue weighted by Gasteiger charge is 2.19. The van der Waals surface area contributed by atoms with E-state index >= 15 is 0 Å². The van der Waals surface area contributed by atoms with Gasteiger partial charge in [-0.1, -0.05) is 18.2 Å². The lowest BCUT2D eigenvalue weighted by Crippen LogP contribution is -2.17. The van der Waals surface area contributed by atoms with E-state index in [9.17, 15) is 9.36 Å². The van der Waals surface area contributed by atoms with E-state index in [-0.39, 0.29) is 12.5 Å². The minimum Gasteiger partial charge on any atom is -0.465 e. The van der Waals surface area contributed by atoms with E-state index in [1.54, 1.807) is 26.8 Å². The second-order valence-corrected chi connectivity index (χ2v) is 6.33. The van der Waals surface area contributed by atoms with Gasteiger partial charge in [-0.2, -0.15) is 0 Å². The fraction of sp³-hybridized carbons (Fsp3) is 0.438. The summed E-state index contributed by atoms with van der Waals surface area (Å²) in [5, 5.41) is 3.00. The lowest BCUT2D eigenvalue weighted by Gasteiger charge is -2.13. The zero-order valence-electron chi connectivity index (χ0n) is 13.8. The van der Waals surface area contributed by atoms with Crippen LogP contribution in [0.4, 0.5) is 5.69 Å². The third kappa shape index (κ3) is 6.99. The Morgan fingerprint density at radius 1 is 1.13 bits per heavy atom. The van der Waals surface area contributed by atoms with Crippen LogP contribution in [0.2, 0.25) is 0 Å². The van der Waals surface area contributed by atoms with Gasteiger partial charge in [-0.3, -0.25) is 9.36 Å². The fourth-order valence-corrected chi connectivity index (χ4v) is 3.15. The lowest BCUT2D eigenvalue weighted by molar-refractivity contribution is -0.140. The molecule has 1 N–H and O–H groups in total. The number of benzene rings is 1. The van der Waals surface area contributed by atoms with Crippen LogP contribution in [-0.4, -0.2) is 32.3 Å². The summed E-state index contributed by atoms with van der Waals surface area (Å²) in [5.41, 5.74) is 1.51. The Kier molecular flexibility index (Phi) is 8.62. The summed E-state index contributed by atoms with van der Waals surface area (Å²) in [6.45, 7) is 6.27. The summed E-state index contributed by atoms with van der Waals surface area (Å²) in [7, 11) is -3.25. The van der Waals surface area contributed by atoms with E-state index in [2.05, 4.69) is 5.32 Å². The van der Waals surface area contributed by atoms with Gasteiger partial charge in [-0.25, -0.2) is 0 Å². The zero-order chi connectivity index (χ0) is 17.1. The Hall–Kier alpha value is -1.62. The Labute approximate surface area is 137 Å². The molecule has 1 aromatic carbocycles. The van der Waals surface area contributed by atoms with Crippen molar-refractivity contribution in [3.05, 3.63) is 35.6 Å². The van der Waals surface area contributed by atoms with Crippen molar-refractivity contribution in [1.82, 2.24) is 0 Å². The molecule has 128 valence electrons. The number of ether oxygens (including phenoxy) is 1. The van der Waals surface area contributed by atoms with Gasteiger partial charge in [-0.15, -0.1) is 0 Å². The highest BCUT2D eigenvalue weighted by Crippen LogP contribution is 2.50. The van der Waals surface area contributed by atoms with Crippen molar-refractivity contribution in [2.45, 2.75) is 20.8 Å². The molecule has 7 heteroatoms. The molecule has 0 bridgehead atoms. The molecule has 0 radical (unpaired) electrons. The van der Waals surface area contributed by atoms with E-state index < -0.39 is 7.60 Å². The Balaban J connectivity index is 2.85. The van der Waals surface area contributed by atoms with Crippen LogP contribution in [0, 0.1) is 0 Å². The first-order chi connectivity index (χ1) is 11.0. The van der Waals surface area contributed by atoms with Crippen molar-refractivity contribution in [3.63, 3.8) is 0 Å². The van der Waals surface area contributed by atoms with Gasteiger partial charge in [0, 0.05) is 11.5 Å². The highest BCUT2D eigenvalue weighted by atomic mass is 31.2. The maximum absolute atomic E-state index is 12.4. The molecule has 0 heterocycles. The first-order valence-electron chi connectivity index (χ1n) is 7.61. The van der Waals surface area contributed by atoms with Crippen molar-refractivity contribution >= 4 is 25.3 Å². The Morgan fingerprint density at radius 3 is 2.39 bits per heavy atom. The number of rotatable bonds is 10. The quantitative estimate of drug-likeness (QED) is 0.514. The van der Waals surface area contributed by atoms with Gasteiger partial charge in [0.05, 0.1) is 19.8 Å². The fourth-order valence-electron chi connectivity index (χ4n) is 1.84. The van der Waals surface area contributed by atoms with Crippen LogP contribution in [0.5, 0.6) is 0 Å². The summed E-state index contributed by atoms with van der Waals surface area (Å²) in [5.74, 6) is 1.10. The van der Waals surface area contributed by atoms with Crippen molar-refractivity contribution in [3.8, 4) is 0 Å². The Bertz CT molecular complexity index is 563. The number of nitrogens with one attached hydrogen (secondary N) is 1. The average Bonchev–Trinajstić information content (AvgIpc) is 2.52. The molecule has 0 aliphatic carbocycles. The number of carbonyl (C=O) groups excluding carboxylic acids is 1. The molecule has 0 aliphatic heterocycles. The second-order valence-electron chi connectivity index (χ2n) is 4.44. The van der Waals surface area contributed by atoms with Gasteiger partial charge >= 0.3 is 13.6 Å². The zero-order valence-corrected chi connectivity index (χ0v) is 14.7. The molecule has 0 amide bonds. The average molecular weight is 341 g/mol. The molecule has 0 unspecified atom stereocenters. The van der Waals surface area contributed by atoms with Crippen LogP contribution in [-0.2, 0) is 23.1 Å². The van der Waals surface area contributed by atoms with Crippen molar-refractivity contribution in [2.75, 3.05) is 31.7 Å². The molecule has 0 aliphatic rings. The number of carbonyl (C=O) groups is 1. The first-order valence-corrected chi connectivity index (χ1v) is 9.22. The second kappa shape index (κ2) is 10.2. The molecular weight excluding hydrogens is 317 g/mol. The van der Waals surface area contributed by atoms with Crippen molar-refractivity contribution < 1.29 is 23.1 Å². The van der Waals surface area contributed by atoms with E-state index in [1.165, 1.54) is 5.82 Å². The van der Waals surface area contributed by atoms with Gasteiger partial charge in [0.15, 0.2) is 0 Å². The van der Waals surface area contributed by atoms with Crippen LogP contribution in [0.3, 0.4) is 0 Å². The molecule has 0 spiro atoms. The van der Waals surface area contributed by atoms with E-state index in [0.29, 0.717) is 19.8 Å². The monoisotopic (exact) mass is 341 g/mol. The van der Waals surface area contributed by atoms with Crippen molar-refractivity contribution in [1.29, 1.82) is 0 Å². The largest absolute Gasteiger partial charge is 0.465 e. The SMILES string of the molecule is CCOC(=O)CNc1ccccc1/C=C/P(=O)(OCC)OCC. The van der Waals surface area contributed by atoms with Crippen LogP contribution < -0.4 is 5.32 Å². The first kappa shape index (κ1) is 19.4. The minimum absolute atomic E-state index is 0.0628. The summed E-state index contributed by atoms with van der Waals surface area (Å²) in [6, 6.07) is 7.36. The van der Waals surface area contributed by atoms with Crippen LogP contribution in [0.1, 0.15) is 26.3 Å². The number of hydrogen-bond acceptors (Lipinski definition) is 6. The summed E-state index contributed by atoms with van der Waals surface area (Å²) in [4.78, 5) is 11.4. The number of para-hydroxylation sites is 1. The minimum atomic E-state index is -3.25. The van der Waals surface area contributed by atoms with E-state index in [4.69, 9.17) is 13.8 Å². The summed E-state index contributed by atoms with van der Waals surface area (Å²) < 4.78 is 27.7. The molecule has 0 aromatic heterocycles. The lowest BCUT2D eigenvalue weighted by atomic mass is 10.2. The van der Waals surface area contributed by atoms with Gasteiger partial charge in [0.25, 0.3) is 0 Å². The molecule has 6 nitrogen and oxygen atoms in total. The third-order valence-electron chi connectivity index (χ3n) is 2.74.